The molecule has 26 heavy (non-hydrogen) atoms. The maximum absolute atomic E-state index is 11.9. The van der Waals surface area contributed by atoms with E-state index in [1.54, 1.807) is 12.1 Å². The molecule has 2 aromatic carbocycles. The molecular formula is C16H14N4O6. The zero-order valence-corrected chi connectivity index (χ0v) is 13.2. The van der Waals surface area contributed by atoms with E-state index in [0.717, 1.165) is 0 Å². The molecule has 0 saturated heterocycles. The molecule has 0 aliphatic rings. The highest BCUT2D eigenvalue weighted by Crippen LogP contribution is 2.16. The van der Waals surface area contributed by atoms with Crippen LogP contribution in [0, 0.1) is 0 Å². The summed E-state index contributed by atoms with van der Waals surface area (Å²) in [7, 11) is 0. The molecule has 0 aliphatic carbocycles. The average molecular weight is 358 g/mol. The second-order valence-electron chi connectivity index (χ2n) is 4.73. The number of anilines is 2. The fourth-order valence-corrected chi connectivity index (χ4v) is 1.94. The summed E-state index contributed by atoms with van der Waals surface area (Å²) in [5, 5.41) is 0. The van der Waals surface area contributed by atoms with Gasteiger partial charge < -0.3 is 20.3 Å². The van der Waals surface area contributed by atoms with E-state index in [0.29, 0.717) is 0 Å². The first-order valence-corrected chi connectivity index (χ1v) is 7.12. The third kappa shape index (κ3) is 4.20. The van der Waals surface area contributed by atoms with Gasteiger partial charge in [-0.2, -0.15) is 0 Å². The van der Waals surface area contributed by atoms with Gasteiger partial charge in [-0.15, -0.1) is 0 Å². The number of carbonyl (C=O) groups is 4. The second kappa shape index (κ2) is 8.37. The quantitative estimate of drug-likeness (QED) is 0.197. The lowest BCUT2D eigenvalue weighted by molar-refractivity contribution is -0.160. The van der Waals surface area contributed by atoms with Gasteiger partial charge in [0.1, 0.15) is 0 Å². The van der Waals surface area contributed by atoms with Crippen LogP contribution in [-0.2, 0) is 19.1 Å². The molecule has 0 bridgehead atoms. The number of para-hydroxylation sites is 2. The zero-order chi connectivity index (χ0) is 19.1. The number of rotatable bonds is 4. The van der Waals surface area contributed by atoms with Crippen molar-refractivity contribution in [2.75, 3.05) is 10.9 Å². The molecule has 0 saturated carbocycles. The number of ether oxygens (including phenoxy) is 2. The van der Waals surface area contributed by atoms with E-state index in [2.05, 4.69) is 20.3 Å². The molecule has 0 fully saturated rings. The number of esters is 4. The van der Waals surface area contributed by atoms with Gasteiger partial charge in [0.15, 0.2) is 0 Å². The summed E-state index contributed by atoms with van der Waals surface area (Å²) >= 11 is 0. The summed E-state index contributed by atoms with van der Waals surface area (Å²) in [6, 6.07) is 11.7. The van der Waals surface area contributed by atoms with Crippen LogP contribution in [0.5, 0.6) is 0 Å². The van der Waals surface area contributed by atoms with E-state index >= 15 is 0 Å². The minimum absolute atomic E-state index is 0.0832. The average Bonchev–Trinajstić information content (AvgIpc) is 2.67. The van der Waals surface area contributed by atoms with Crippen LogP contribution in [0.2, 0.25) is 0 Å². The lowest BCUT2D eigenvalue weighted by atomic mass is 10.2. The second-order valence-corrected chi connectivity index (χ2v) is 4.73. The third-order valence-electron chi connectivity index (χ3n) is 3.14. The molecule has 10 heteroatoms. The molecule has 0 heterocycles. The Hall–Kier alpha value is -3.76. The minimum atomic E-state index is -1.66. The molecule has 134 valence electrons. The molecule has 0 radical (unpaired) electrons. The van der Waals surface area contributed by atoms with Crippen molar-refractivity contribution in [1.29, 1.82) is 0 Å². The molecule has 0 spiro atoms. The Labute approximate surface area is 147 Å². The van der Waals surface area contributed by atoms with E-state index in [1.807, 2.05) is 0 Å². The molecule has 0 aromatic heterocycles. The van der Waals surface area contributed by atoms with Gasteiger partial charge in [-0.25, -0.2) is 19.2 Å². The Morgan fingerprint density at radius 1 is 0.654 bits per heavy atom. The van der Waals surface area contributed by atoms with Crippen LogP contribution in [0.3, 0.4) is 0 Å². The molecule has 0 atom stereocenters. The number of nitrogen functional groups attached to an aromatic ring is 2. The molecule has 0 amide bonds. The fourth-order valence-electron chi connectivity index (χ4n) is 1.94. The molecule has 2 rings (SSSR count). The van der Waals surface area contributed by atoms with E-state index in [-0.39, 0.29) is 22.5 Å². The molecule has 10 nitrogen and oxygen atoms in total. The van der Waals surface area contributed by atoms with Gasteiger partial charge >= 0.3 is 23.9 Å². The lowest BCUT2D eigenvalue weighted by Gasteiger charge is -2.08. The molecule has 0 aliphatic heterocycles. The highest BCUT2D eigenvalue weighted by molar-refractivity contribution is 6.34. The Morgan fingerprint density at radius 2 is 1.00 bits per heavy atom. The van der Waals surface area contributed by atoms with Crippen LogP contribution >= 0.6 is 0 Å². The van der Waals surface area contributed by atoms with Crippen molar-refractivity contribution < 1.29 is 28.7 Å². The maximum Gasteiger partial charge on any atom is 0.425 e. The van der Waals surface area contributed by atoms with Crippen molar-refractivity contribution in [1.82, 2.24) is 0 Å². The summed E-state index contributed by atoms with van der Waals surface area (Å²) in [5.74, 6) is 4.88. The van der Waals surface area contributed by atoms with E-state index in [9.17, 15) is 19.2 Å². The molecule has 0 unspecified atom stereocenters. The highest BCUT2D eigenvalue weighted by atomic mass is 16.6. The number of hydrazine groups is 2. The van der Waals surface area contributed by atoms with Crippen LogP contribution < -0.4 is 22.5 Å². The first-order valence-electron chi connectivity index (χ1n) is 7.12. The number of nitrogens with two attached hydrogens (primary N) is 2. The highest BCUT2D eigenvalue weighted by Gasteiger charge is 2.27. The zero-order valence-electron chi connectivity index (χ0n) is 13.2. The number of carbonyl (C=O) groups excluding carboxylic acids is 4. The summed E-state index contributed by atoms with van der Waals surface area (Å²) in [6.45, 7) is 0. The smallest absolute Gasteiger partial charge is 0.381 e. The van der Waals surface area contributed by atoms with E-state index in [4.69, 9.17) is 11.7 Å². The van der Waals surface area contributed by atoms with Crippen molar-refractivity contribution in [2.24, 2.45) is 11.7 Å². The van der Waals surface area contributed by atoms with Crippen LogP contribution in [0.1, 0.15) is 20.7 Å². The van der Waals surface area contributed by atoms with E-state index < -0.39 is 23.9 Å². The fraction of sp³-hybridized carbons (Fsp3) is 0. The van der Waals surface area contributed by atoms with Crippen molar-refractivity contribution in [3.8, 4) is 0 Å². The number of nitrogens with one attached hydrogen (secondary N) is 2. The summed E-state index contributed by atoms with van der Waals surface area (Å²) < 4.78 is 8.79. The predicted molar refractivity (Wildman–Crippen MR) is 89.3 cm³/mol. The first kappa shape index (κ1) is 18.6. The monoisotopic (exact) mass is 358 g/mol. The van der Waals surface area contributed by atoms with Gasteiger partial charge in [-0.3, -0.25) is 11.7 Å². The third-order valence-corrected chi connectivity index (χ3v) is 3.14. The maximum atomic E-state index is 11.9. The van der Waals surface area contributed by atoms with Gasteiger partial charge in [0.25, 0.3) is 0 Å². The van der Waals surface area contributed by atoms with Gasteiger partial charge in [0.2, 0.25) is 0 Å². The van der Waals surface area contributed by atoms with Crippen LogP contribution in [0.25, 0.3) is 0 Å². The van der Waals surface area contributed by atoms with Gasteiger partial charge in [0, 0.05) is 0 Å². The Balaban J connectivity index is 2.04. The van der Waals surface area contributed by atoms with Gasteiger partial charge in [-0.1, -0.05) is 24.3 Å². The minimum Gasteiger partial charge on any atom is -0.381 e. The molecular weight excluding hydrogens is 344 g/mol. The van der Waals surface area contributed by atoms with Crippen LogP contribution in [-0.4, -0.2) is 23.9 Å². The van der Waals surface area contributed by atoms with Crippen molar-refractivity contribution in [3.05, 3.63) is 59.7 Å². The number of benzene rings is 2. The van der Waals surface area contributed by atoms with E-state index in [1.165, 1.54) is 36.4 Å². The number of hydrogen-bond donors (Lipinski definition) is 4. The Kier molecular flexibility index (Phi) is 5.98. The van der Waals surface area contributed by atoms with Crippen molar-refractivity contribution in [3.63, 3.8) is 0 Å². The van der Waals surface area contributed by atoms with Gasteiger partial charge in [0.05, 0.1) is 22.5 Å². The SMILES string of the molecule is NNc1ccccc1C(=O)OC(=O)C(=O)OC(=O)c1ccccc1NN. The molecule has 2 aromatic rings. The largest absolute Gasteiger partial charge is 0.425 e. The van der Waals surface area contributed by atoms with Crippen LogP contribution in [0.15, 0.2) is 48.5 Å². The number of hydrogen-bond acceptors (Lipinski definition) is 10. The standard InChI is InChI=1S/C16H14N4O6/c17-19-11-7-3-1-5-9(11)13(21)25-15(23)16(24)26-14(22)10-6-2-4-8-12(10)20-18/h1-8,19-20H,17-18H2. The van der Waals surface area contributed by atoms with Crippen molar-refractivity contribution >= 4 is 35.3 Å². The topological polar surface area (TPSA) is 163 Å². The predicted octanol–water partition coefficient (Wildman–Crippen LogP) is 0.325. The molecule has 6 N–H and O–H groups in total. The first-order chi connectivity index (χ1) is 12.5. The van der Waals surface area contributed by atoms with Crippen molar-refractivity contribution in [2.45, 2.75) is 0 Å². The summed E-state index contributed by atoms with van der Waals surface area (Å²) in [6.07, 6.45) is 0. The van der Waals surface area contributed by atoms with Crippen LogP contribution in [0.4, 0.5) is 11.4 Å². The Morgan fingerprint density at radius 3 is 1.35 bits per heavy atom. The lowest BCUT2D eigenvalue weighted by Crippen LogP contribution is -2.27. The normalized spacial score (nSPS) is 9.77. The Bertz CT molecular complexity index is 796. The van der Waals surface area contributed by atoms with Gasteiger partial charge in [-0.05, 0) is 24.3 Å². The summed E-state index contributed by atoms with van der Waals surface area (Å²) in [5.41, 5.74) is 4.68. The summed E-state index contributed by atoms with van der Waals surface area (Å²) in [4.78, 5) is 47.2.